The van der Waals surface area contributed by atoms with E-state index in [0.717, 1.165) is 11.3 Å². The van der Waals surface area contributed by atoms with Crippen molar-refractivity contribution in [2.75, 3.05) is 17.8 Å². The molecule has 1 aromatic heterocycles. The first-order valence-corrected chi connectivity index (χ1v) is 9.13. The van der Waals surface area contributed by atoms with E-state index in [1.165, 1.54) is 35.9 Å². The SMILES string of the molecule is O=[C]/C(=N\OCC(=O)OCc1ccc([N+](=O)[O-])cc1)c1csc(NC(=O)CCl)n1. The van der Waals surface area contributed by atoms with Crippen molar-refractivity contribution in [1.82, 2.24) is 4.98 Å². The molecule has 0 aliphatic heterocycles. The molecule has 151 valence electrons. The molecule has 1 radical (unpaired) electrons. The molecule has 2 rings (SSSR count). The van der Waals surface area contributed by atoms with Gasteiger partial charge >= 0.3 is 5.97 Å². The van der Waals surface area contributed by atoms with E-state index in [2.05, 4.69) is 15.5 Å². The summed E-state index contributed by atoms with van der Waals surface area (Å²) < 4.78 is 4.93. The number of benzene rings is 1. The van der Waals surface area contributed by atoms with Crippen LogP contribution in [-0.2, 0) is 30.6 Å². The van der Waals surface area contributed by atoms with Crippen molar-refractivity contribution in [2.24, 2.45) is 5.16 Å². The van der Waals surface area contributed by atoms with Crippen molar-refractivity contribution in [3.05, 3.63) is 51.0 Å². The first-order valence-electron chi connectivity index (χ1n) is 7.71. The Labute approximate surface area is 172 Å². The first kappa shape index (κ1) is 21.9. The highest BCUT2D eigenvalue weighted by atomic mass is 35.5. The van der Waals surface area contributed by atoms with Crippen LogP contribution in [0.4, 0.5) is 10.8 Å². The number of rotatable bonds is 10. The van der Waals surface area contributed by atoms with Crippen LogP contribution < -0.4 is 5.32 Å². The van der Waals surface area contributed by atoms with Gasteiger partial charge in [-0.25, -0.2) is 9.78 Å². The van der Waals surface area contributed by atoms with Crippen molar-refractivity contribution in [3.8, 4) is 0 Å². The van der Waals surface area contributed by atoms with Crippen LogP contribution in [0.5, 0.6) is 0 Å². The maximum atomic E-state index is 11.7. The highest BCUT2D eigenvalue weighted by Crippen LogP contribution is 2.16. The summed E-state index contributed by atoms with van der Waals surface area (Å²) in [6, 6.07) is 5.47. The molecule has 0 aliphatic rings. The number of nitrogens with zero attached hydrogens (tertiary/aromatic N) is 3. The van der Waals surface area contributed by atoms with Crippen LogP contribution in [0.3, 0.4) is 0 Å². The van der Waals surface area contributed by atoms with E-state index in [-0.39, 0.29) is 34.7 Å². The monoisotopic (exact) mass is 439 g/mol. The zero-order chi connectivity index (χ0) is 21.2. The van der Waals surface area contributed by atoms with Crippen molar-refractivity contribution in [2.45, 2.75) is 6.61 Å². The molecule has 0 spiro atoms. The minimum Gasteiger partial charge on any atom is -0.458 e. The number of halogens is 1. The van der Waals surface area contributed by atoms with Gasteiger partial charge in [-0.1, -0.05) is 5.16 Å². The lowest BCUT2D eigenvalue weighted by atomic mass is 10.2. The fourth-order valence-electron chi connectivity index (χ4n) is 1.78. The summed E-state index contributed by atoms with van der Waals surface area (Å²) >= 11 is 6.40. The van der Waals surface area contributed by atoms with Crippen molar-refractivity contribution in [1.29, 1.82) is 0 Å². The normalized spacial score (nSPS) is 10.9. The molecule has 29 heavy (non-hydrogen) atoms. The average Bonchev–Trinajstić information content (AvgIpc) is 3.17. The topological polar surface area (TPSA) is 150 Å². The summed E-state index contributed by atoms with van der Waals surface area (Å²) in [5.74, 6) is -1.49. The van der Waals surface area contributed by atoms with E-state index < -0.39 is 23.4 Å². The van der Waals surface area contributed by atoms with Crippen molar-refractivity contribution in [3.63, 3.8) is 0 Å². The smallest absolute Gasteiger partial charge is 0.347 e. The third-order valence-electron chi connectivity index (χ3n) is 3.10. The minimum atomic E-state index is -0.773. The summed E-state index contributed by atoms with van der Waals surface area (Å²) in [6.07, 6.45) is 1.52. The number of alkyl halides is 1. The number of ether oxygens (including phenoxy) is 1. The fraction of sp³-hybridized carbons (Fsp3) is 0.188. The zero-order valence-corrected chi connectivity index (χ0v) is 16.1. The van der Waals surface area contributed by atoms with Crippen LogP contribution in [0.1, 0.15) is 11.3 Å². The van der Waals surface area contributed by atoms with Gasteiger partial charge in [0.15, 0.2) is 10.8 Å². The number of aromatic nitrogens is 1. The number of nitro benzene ring substituents is 1. The van der Waals surface area contributed by atoms with Gasteiger partial charge < -0.3 is 14.9 Å². The molecular formula is C16H12ClN4O7S. The molecule has 0 fully saturated rings. The third-order valence-corrected chi connectivity index (χ3v) is 4.10. The molecule has 1 N–H and O–H groups in total. The quantitative estimate of drug-likeness (QED) is 0.193. The van der Waals surface area contributed by atoms with E-state index in [4.69, 9.17) is 21.2 Å². The number of nitro groups is 1. The molecule has 1 heterocycles. The lowest BCUT2D eigenvalue weighted by molar-refractivity contribution is -0.384. The Morgan fingerprint density at radius 3 is 2.69 bits per heavy atom. The number of amides is 1. The number of hydrogen-bond acceptors (Lipinski definition) is 10. The largest absolute Gasteiger partial charge is 0.458 e. The summed E-state index contributed by atoms with van der Waals surface area (Å²) in [5, 5.41) is 18.1. The molecule has 0 atom stereocenters. The van der Waals surface area contributed by atoms with Gasteiger partial charge in [0.2, 0.25) is 12.5 Å². The zero-order valence-electron chi connectivity index (χ0n) is 14.5. The summed E-state index contributed by atoms with van der Waals surface area (Å²) in [4.78, 5) is 52.6. The summed E-state index contributed by atoms with van der Waals surface area (Å²) in [5.41, 5.74) is 0.246. The number of oxime groups is 1. The summed E-state index contributed by atoms with van der Waals surface area (Å²) in [7, 11) is 0. The van der Waals surface area contributed by atoms with Gasteiger partial charge in [0.25, 0.3) is 12.0 Å². The number of carbonyl (C=O) groups is 2. The molecule has 0 bridgehead atoms. The average molecular weight is 440 g/mol. The Morgan fingerprint density at radius 1 is 1.34 bits per heavy atom. The number of non-ortho nitro benzene ring substituents is 1. The van der Waals surface area contributed by atoms with Crippen LogP contribution in [0, 0.1) is 10.1 Å². The van der Waals surface area contributed by atoms with E-state index in [1.807, 2.05) is 0 Å². The van der Waals surface area contributed by atoms with Crippen LogP contribution in [0.2, 0.25) is 0 Å². The number of thiazole rings is 1. The van der Waals surface area contributed by atoms with Gasteiger partial charge in [0.1, 0.15) is 18.2 Å². The Balaban J connectivity index is 1.83. The number of nitrogens with one attached hydrogen (secondary N) is 1. The van der Waals surface area contributed by atoms with Gasteiger partial charge in [0, 0.05) is 17.5 Å². The van der Waals surface area contributed by atoms with Crippen molar-refractivity contribution >= 4 is 57.6 Å². The Hall–Kier alpha value is -3.38. The summed E-state index contributed by atoms with van der Waals surface area (Å²) in [6.45, 7) is -0.704. The van der Waals surface area contributed by atoms with E-state index in [1.54, 1.807) is 0 Å². The molecule has 13 heteroatoms. The standard InChI is InChI=1S/C16H12ClN4O7S/c17-5-14(23)19-16-18-13(9-29-16)12(6-22)20-28-8-15(24)27-7-10-1-3-11(4-2-10)21(25)26/h1-4,9H,5,7-8H2,(H,18,19,23)/b20-12+. The lowest BCUT2D eigenvalue weighted by Crippen LogP contribution is -2.13. The second-order valence-corrected chi connectivity index (χ2v) is 6.24. The van der Waals surface area contributed by atoms with Crippen molar-refractivity contribution < 1.29 is 28.9 Å². The lowest BCUT2D eigenvalue weighted by Gasteiger charge is -2.04. The van der Waals surface area contributed by atoms with Gasteiger partial charge in [-0.2, -0.15) is 0 Å². The van der Waals surface area contributed by atoms with Crippen LogP contribution in [-0.4, -0.2) is 46.3 Å². The molecular weight excluding hydrogens is 428 g/mol. The molecule has 0 unspecified atom stereocenters. The Kier molecular flexibility index (Phi) is 8.18. The molecule has 0 saturated heterocycles. The van der Waals surface area contributed by atoms with Gasteiger partial charge in [-0.15, -0.1) is 22.9 Å². The molecule has 2 aromatic rings. The molecule has 0 aliphatic carbocycles. The molecule has 1 aromatic carbocycles. The van der Waals surface area contributed by atoms with E-state index in [9.17, 15) is 24.5 Å². The van der Waals surface area contributed by atoms with E-state index >= 15 is 0 Å². The second kappa shape index (κ2) is 10.8. The van der Waals surface area contributed by atoms with Gasteiger partial charge in [0.05, 0.1) is 4.92 Å². The molecule has 0 saturated carbocycles. The highest BCUT2D eigenvalue weighted by Gasteiger charge is 2.13. The van der Waals surface area contributed by atoms with Gasteiger partial charge in [-0.3, -0.25) is 19.7 Å². The number of anilines is 1. The van der Waals surface area contributed by atoms with Crippen LogP contribution in [0.25, 0.3) is 0 Å². The molecule has 11 nitrogen and oxygen atoms in total. The maximum absolute atomic E-state index is 11.7. The second-order valence-electron chi connectivity index (χ2n) is 5.12. The van der Waals surface area contributed by atoms with E-state index in [0.29, 0.717) is 5.56 Å². The molecule has 1 amide bonds. The third kappa shape index (κ3) is 6.93. The van der Waals surface area contributed by atoms with Crippen LogP contribution in [0.15, 0.2) is 34.8 Å². The highest BCUT2D eigenvalue weighted by molar-refractivity contribution is 7.14. The first-order chi connectivity index (χ1) is 13.9. The Bertz CT molecular complexity index is 930. The number of esters is 1. The Morgan fingerprint density at radius 2 is 2.07 bits per heavy atom. The number of hydrogen-bond donors (Lipinski definition) is 1. The predicted molar refractivity (Wildman–Crippen MR) is 103 cm³/mol. The minimum absolute atomic E-state index is 0.0807. The fourth-order valence-corrected chi connectivity index (χ4v) is 2.56. The number of carbonyl (C=O) groups excluding carboxylic acids is 3. The van der Waals surface area contributed by atoms with Crippen LogP contribution >= 0.6 is 22.9 Å². The predicted octanol–water partition coefficient (Wildman–Crippen LogP) is 1.80. The van der Waals surface area contributed by atoms with Gasteiger partial charge in [-0.05, 0) is 17.7 Å². The maximum Gasteiger partial charge on any atom is 0.347 e.